The molecule has 2 unspecified atom stereocenters. The van der Waals surface area contributed by atoms with Crippen molar-refractivity contribution in [2.24, 2.45) is 5.73 Å². The zero-order valence-corrected chi connectivity index (χ0v) is 7.57. The van der Waals surface area contributed by atoms with Gasteiger partial charge in [0.1, 0.15) is 6.33 Å². The maximum Gasteiger partial charge on any atom is 0.115 e. The molecule has 3 heteroatoms. The molecule has 1 aromatic rings. The van der Waals surface area contributed by atoms with Crippen molar-refractivity contribution in [3.8, 4) is 0 Å². The highest BCUT2D eigenvalue weighted by molar-refractivity contribution is 5.06. The summed E-state index contributed by atoms with van der Waals surface area (Å²) in [5.74, 6) is 0.318. The highest BCUT2D eigenvalue weighted by Crippen LogP contribution is 2.15. The Morgan fingerprint density at radius 1 is 1.58 bits per heavy atom. The standard InChI is InChI=1S/C9H15N3/c1-3-8(10)7(2)9-4-5-11-6-12-9/h4-8H,3,10H2,1-2H3. The normalized spacial score (nSPS) is 15.6. The van der Waals surface area contributed by atoms with Gasteiger partial charge >= 0.3 is 0 Å². The van der Waals surface area contributed by atoms with E-state index in [9.17, 15) is 0 Å². The van der Waals surface area contributed by atoms with Gasteiger partial charge in [-0.2, -0.15) is 0 Å². The van der Waals surface area contributed by atoms with Crippen molar-refractivity contribution >= 4 is 0 Å². The third-order valence-electron chi connectivity index (χ3n) is 2.18. The molecule has 2 N–H and O–H groups in total. The molecule has 2 atom stereocenters. The first-order valence-corrected chi connectivity index (χ1v) is 4.27. The van der Waals surface area contributed by atoms with E-state index in [-0.39, 0.29) is 6.04 Å². The number of hydrogen-bond donors (Lipinski definition) is 1. The van der Waals surface area contributed by atoms with Crippen LogP contribution in [0.5, 0.6) is 0 Å². The number of nitrogens with two attached hydrogens (primary N) is 1. The molecular formula is C9H15N3. The van der Waals surface area contributed by atoms with Gasteiger partial charge in [-0.15, -0.1) is 0 Å². The lowest BCUT2D eigenvalue weighted by atomic mass is 9.97. The van der Waals surface area contributed by atoms with Crippen molar-refractivity contribution in [2.75, 3.05) is 0 Å². The highest BCUT2D eigenvalue weighted by atomic mass is 14.8. The van der Waals surface area contributed by atoms with Crippen molar-refractivity contribution in [1.82, 2.24) is 9.97 Å². The van der Waals surface area contributed by atoms with Gasteiger partial charge in [0.15, 0.2) is 0 Å². The lowest BCUT2D eigenvalue weighted by molar-refractivity contribution is 0.540. The molecule has 0 aliphatic rings. The first-order chi connectivity index (χ1) is 5.75. The maximum atomic E-state index is 5.89. The van der Waals surface area contributed by atoms with Crippen molar-refractivity contribution < 1.29 is 0 Å². The van der Waals surface area contributed by atoms with Gasteiger partial charge in [0.2, 0.25) is 0 Å². The summed E-state index contributed by atoms with van der Waals surface area (Å²) < 4.78 is 0. The fraction of sp³-hybridized carbons (Fsp3) is 0.556. The Labute approximate surface area is 73.0 Å². The number of nitrogens with zero attached hydrogens (tertiary/aromatic N) is 2. The predicted octanol–water partition coefficient (Wildman–Crippen LogP) is 1.32. The summed E-state index contributed by atoms with van der Waals surface area (Å²) in [6, 6.07) is 2.11. The molecule has 12 heavy (non-hydrogen) atoms. The van der Waals surface area contributed by atoms with E-state index in [2.05, 4.69) is 23.8 Å². The Hall–Kier alpha value is -0.960. The molecule has 0 fully saturated rings. The van der Waals surface area contributed by atoms with Gasteiger partial charge in [0.05, 0.1) is 0 Å². The zero-order valence-electron chi connectivity index (χ0n) is 7.57. The summed E-state index contributed by atoms with van der Waals surface area (Å²) in [6.07, 6.45) is 4.29. The van der Waals surface area contributed by atoms with Crippen molar-refractivity contribution in [3.05, 3.63) is 24.3 Å². The third-order valence-corrected chi connectivity index (χ3v) is 2.18. The minimum absolute atomic E-state index is 0.194. The predicted molar refractivity (Wildman–Crippen MR) is 48.7 cm³/mol. The van der Waals surface area contributed by atoms with Crippen LogP contribution in [0.25, 0.3) is 0 Å². The van der Waals surface area contributed by atoms with Crippen LogP contribution in [0, 0.1) is 0 Å². The number of rotatable bonds is 3. The van der Waals surface area contributed by atoms with E-state index in [1.807, 2.05) is 6.07 Å². The van der Waals surface area contributed by atoms with Gasteiger partial charge in [-0.05, 0) is 12.5 Å². The van der Waals surface area contributed by atoms with Crippen LogP contribution in [0.1, 0.15) is 31.9 Å². The van der Waals surface area contributed by atoms with E-state index >= 15 is 0 Å². The first kappa shape index (κ1) is 9.13. The van der Waals surface area contributed by atoms with Gasteiger partial charge in [-0.1, -0.05) is 13.8 Å². The average Bonchev–Trinajstić information content (AvgIpc) is 2.17. The molecular weight excluding hydrogens is 150 g/mol. The van der Waals surface area contributed by atoms with Crippen LogP contribution in [0.2, 0.25) is 0 Å². The molecule has 0 aliphatic carbocycles. The molecule has 0 aliphatic heterocycles. The van der Waals surface area contributed by atoms with Gasteiger partial charge in [-0.25, -0.2) is 9.97 Å². The Morgan fingerprint density at radius 2 is 2.33 bits per heavy atom. The summed E-state index contributed by atoms with van der Waals surface area (Å²) in [6.45, 7) is 4.18. The van der Waals surface area contributed by atoms with Crippen LogP contribution in [0.15, 0.2) is 18.6 Å². The van der Waals surface area contributed by atoms with E-state index in [4.69, 9.17) is 5.73 Å². The molecule has 0 saturated heterocycles. The van der Waals surface area contributed by atoms with Crippen LogP contribution in [-0.4, -0.2) is 16.0 Å². The topological polar surface area (TPSA) is 51.8 Å². The average molecular weight is 165 g/mol. The van der Waals surface area contributed by atoms with E-state index in [0.717, 1.165) is 12.1 Å². The smallest absolute Gasteiger partial charge is 0.115 e. The van der Waals surface area contributed by atoms with Crippen LogP contribution < -0.4 is 5.73 Å². The van der Waals surface area contributed by atoms with Crippen LogP contribution in [0.3, 0.4) is 0 Å². The quantitative estimate of drug-likeness (QED) is 0.734. The van der Waals surface area contributed by atoms with E-state index in [1.165, 1.54) is 0 Å². The molecule has 0 aromatic carbocycles. The molecule has 0 amide bonds. The molecule has 0 bridgehead atoms. The van der Waals surface area contributed by atoms with Gasteiger partial charge in [0, 0.05) is 23.9 Å². The minimum Gasteiger partial charge on any atom is -0.327 e. The van der Waals surface area contributed by atoms with E-state index in [0.29, 0.717) is 5.92 Å². The van der Waals surface area contributed by atoms with Crippen molar-refractivity contribution in [2.45, 2.75) is 32.2 Å². The molecule has 66 valence electrons. The van der Waals surface area contributed by atoms with Crippen LogP contribution in [0.4, 0.5) is 0 Å². The van der Waals surface area contributed by atoms with Gasteiger partial charge < -0.3 is 5.73 Å². The monoisotopic (exact) mass is 165 g/mol. The van der Waals surface area contributed by atoms with Crippen molar-refractivity contribution in [1.29, 1.82) is 0 Å². The second kappa shape index (κ2) is 4.16. The van der Waals surface area contributed by atoms with Crippen LogP contribution in [-0.2, 0) is 0 Å². The fourth-order valence-corrected chi connectivity index (χ4v) is 1.14. The molecule has 0 spiro atoms. The molecule has 0 radical (unpaired) electrons. The first-order valence-electron chi connectivity index (χ1n) is 4.27. The summed E-state index contributed by atoms with van der Waals surface area (Å²) in [5, 5.41) is 0. The van der Waals surface area contributed by atoms with Gasteiger partial charge in [0.25, 0.3) is 0 Å². The minimum atomic E-state index is 0.194. The Kier molecular flexibility index (Phi) is 3.17. The summed E-state index contributed by atoms with van der Waals surface area (Å²) in [5.41, 5.74) is 6.92. The Balaban J connectivity index is 2.71. The maximum absolute atomic E-state index is 5.89. The van der Waals surface area contributed by atoms with E-state index < -0.39 is 0 Å². The number of hydrogen-bond acceptors (Lipinski definition) is 3. The number of aromatic nitrogens is 2. The summed E-state index contributed by atoms with van der Waals surface area (Å²) >= 11 is 0. The van der Waals surface area contributed by atoms with Crippen molar-refractivity contribution in [3.63, 3.8) is 0 Å². The van der Waals surface area contributed by atoms with Crippen LogP contribution >= 0.6 is 0 Å². The molecule has 3 nitrogen and oxygen atoms in total. The summed E-state index contributed by atoms with van der Waals surface area (Å²) in [7, 11) is 0. The largest absolute Gasteiger partial charge is 0.327 e. The zero-order chi connectivity index (χ0) is 8.97. The lowest BCUT2D eigenvalue weighted by Gasteiger charge is -2.16. The van der Waals surface area contributed by atoms with E-state index in [1.54, 1.807) is 12.5 Å². The second-order valence-electron chi connectivity index (χ2n) is 3.00. The molecule has 1 rings (SSSR count). The summed E-state index contributed by atoms with van der Waals surface area (Å²) in [4.78, 5) is 8.02. The molecule has 0 saturated carbocycles. The van der Waals surface area contributed by atoms with Gasteiger partial charge in [-0.3, -0.25) is 0 Å². The molecule has 1 heterocycles. The lowest BCUT2D eigenvalue weighted by Crippen LogP contribution is -2.26. The Morgan fingerprint density at radius 3 is 2.83 bits per heavy atom. The molecule has 1 aromatic heterocycles. The second-order valence-corrected chi connectivity index (χ2v) is 3.00. The SMILES string of the molecule is CCC(N)C(C)c1ccncn1. The third kappa shape index (κ3) is 2.01. The fourth-order valence-electron chi connectivity index (χ4n) is 1.14. The Bertz CT molecular complexity index is 222. The highest BCUT2D eigenvalue weighted by Gasteiger charge is 2.13.